The highest BCUT2D eigenvalue weighted by Crippen LogP contribution is 2.58. The molecular formula is C26H14F15NO3S. The standard InChI is InChI=1S/C26H14F15NO3S/c27-20(28)22(31,32)24(35,36)25(37,38)23(33,34)21(29,30)19(42-45-46(43,44)26(39,40)41)18-12-10-17(11-13-18)16-8-6-15(7-9-16)14-4-2-1-3-5-14/h1-13,20H. The maximum Gasteiger partial charge on any atom is 0.536 e. The zero-order chi connectivity index (χ0) is 35.1. The SMILES string of the molecule is O=S(=O)(ON=C(c1ccc(-c2ccc(-c3ccccc3)cc2)cc1)C(F)(F)C(F)(F)C(F)(F)C(F)(F)C(F)(F)C(F)F)C(F)(F)F. The number of alkyl halides is 15. The van der Waals surface area contributed by atoms with Crippen molar-refractivity contribution in [1.29, 1.82) is 0 Å². The van der Waals surface area contributed by atoms with E-state index in [2.05, 4.69) is 4.28 Å². The summed E-state index contributed by atoms with van der Waals surface area (Å²) in [5.74, 6) is -38.4. The molecule has 0 aromatic heterocycles. The second kappa shape index (κ2) is 12.0. The van der Waals surface area contributed by atoms with Crippen LogP contribution in [0.4, 0.5) is 65.9 Å². The summed E-state index contributed by atoms with van der Waals surface area (Å²) in [6, 6.07) is 16.5. The molecule has 0 amide bonds. The van der Waals surface area contributed by atoms with Crippen LogP contribution in [-0.2, 0) is 14.4 Å². The number of hydrogen-bond donors (Lipinski definition) is 0. The van der Waals surface area contributed by atoms with Crippen molar-refractivity contribution >= 4 is 15.8 Å². The molecule has 0 bridgehead atoms. The lowest BCUT2D eigenvalue weighted by Gasteiger charge is -2.39. The summed E-state index contributed by atoms with van der Waals surface area (Å²) in [4.78, 5) is 0. The number of oxime groups is 1. The topological polar surface area (TPSA) is 55.7 Å². The third-order valence-electron chi connectivity index (χ3n) is 6.17. The van der Waals surface area contributed by atoms with Crippen molar-refractivity contribution in [2.24, 2.45) is 5.16 Å². The minimum absolute atomic E-state index is 0.00931. The van der Waals surface area contributed by atoms with Crippen molar-refractivity contribution in [2.75, 3.05) is 0 Å². The fourth-order valence-corrected chi connectivity index (χ4v) is 3.87. The van der Waals surface area contributed by atoms with Crippen molar-refractivity contribution in [1.82, 2.24) is 0 Å². The molecule has 0 saturated heterocycles. The lowest BCUT2D eigenvalue weighted by Crippen LogP contribution is -2.70. The van der Waals surface area contributed by atoms with Crippen LogP contribution >= 0.6 is 0 Å². The van der Waals surface area contributed by atoms with Crippen molar-refractivity contribution in [2.45, 2.75) is 41.5 Å². The molecule has 3 rings (SSSR count). The summed E-state index contributed by atoms with van der Waals surface area (Å²) in [6.45, 7) is 0. The van der Waals surface area contributed by atoms with Gasteiger partial charge in [0.25, 0.3) is 0 Å². The molecule has 0 aliphatic heterocycles. The Morgan fingerprint density at radius 2 is 0.957 bits per heavy atom. The van der Waals surface area contributed by atoms with E-state index in [0.29, 0.717) is 5.56 Å². The Balaban J connectivity index is 2.14. The molecule has 0 aliphatic rings. The van der Waals surface area contributed by atoms with Crippen molar-refractivity contribution in [3.8, 4) is 22.3 Å². The fraction of sp³-hybridized carbons (Fsp3) is 0.269. The van der Waals surface area contributed by atoms with Gasteiger partial charge in [-0.15, -0.1) is 0 Å². The van der Waals surface area contributed by atoms with Crippen LogP contribution in [-0.4, -0.2) is 55.7 Å². The van der Waals surface area contributed by atoms with E-state index in [0.717, 1.165) is 17.7 Å². The van der Waals surface area contributed by atoms with Crippen LogP contribution in [0.3, 0.4) is 0 Å². The van der Waals surface area contributed by atoms with E-state index >= 15 is 0 Å². The normalized spacial score (nSPS) is 14.5. The molecule has 0 aliphatic carbocycles. The van der Waals surface area contributed by atoms with E-state index in [9.17, 15) is 74.3 Å². The molecular weight excluding hydrogens is 691 g/mol. The second-order valence-electron chi connectivity index (χ2n) is 9.16. The summed E-state index contributed by atoms with van der Waals surface area (Å²) in [5, 5.41) is 1.68. The molecule has 46 heavy (non-hydrogen) atoms. The Morgan fingerprint density at radius 3 is 1.35 bits per heavy atom. The summed E-state index contributed by atoms with van der Waals surface area (Å²) in [7, 11) is -7.10. The highest BCUT2D eigenvalue weighted by atomic mass is 32.2. The van der Waals surface area contributed by atoms with E-state index in [-0.39, 0.29) is 23.3 Å². The number of halogens is 15. The van der Waals surface area contributed by atoms with Crippen molar-refractivity contribution in [3.63, 3.8) is 0 Å². The van der Waals surface area contributed by atoms with Gasteiger partial charge < -0.3 is 0 Å². The maximum absolute atomic E-state index is 15.0. The molecule has 0 saturated carbocycles. The third-order valence-corrected chi connectivity index (χ3v) is 7.00. The third kappa shape index (κ3) is 6.22. The highest BCUT2D eigenvalue weighted by Gasteiger charge is 2.88. The molecule has 0 atom stereocenters. The first-order chi connectivity index (χ1) is 20.8. The van der Waals surface area contributed by atoms with Gasteiger partial charge in [0.15, 0.2) is 5.71 Å². The van der Waals surface area contributed by atoms with Crippen molar-refractivity contribution in [3.05, 3.63) is 84.4 Å². The maximum atomic E-state index is 15.0. The zero-order valence-corrected chi connectivity index (χ0v) is 22.6. The van der Waals surface area contributed by atoms with E-state index in [1.54, 1.807) is 47.6 Å². The molecule has 0 N–H and O–H groups in total. The molecule has 3 aromatic carbocycles. The van der Waals surface area contributed by atoms with Gasteiger partial charge in [-0.05, 0) is 22.3 Å². The van der Waals surface area contributed by atoms with Gasteiger partial charge in [-0.1, -0.05) is 84.0 Å². The van der Waals surface area contributed by atoms with Gasteiger partial charge in [0, 0.05) is 5.56 Å². The van der Waals surface area contributed by atoms with E-state index in [1.165, 1.54) is 12.1 Å². The Labute approximate surface area is 248 Å². The highest BCUT2D eigenvalue weighted by molar-refractivity contribution is 7.87. The molecule has 0 spiro atoms. The number of hydrogen-bond acceptors (Lipinski definition) is 4. The lowest BCUT2D eigenvalue weighted by molar-refractivity contribution is -0.404. The van der Waals surface area contributed by atoms with Gasteiger partial charge >= 0.3 is 51.7 Å². The molecule has 0 unspecified atom stereocenters. The first-order valence-corrected chi connectivity index (χ1v) is 13.3. The van der Waals surface area contributed by atoms with Gasteiger partial charge in [-0.3, -0.25) is 4.28 Å². The van der Waals surface area contributed by atoms with Crippen LogP contribution in [0.1, 0.15) is 5.56 Å². The van der Waals surface area contributed by atoms with Crippen molar-refractivity contribution < 1.29 is 78.6 Å². The summed E-state index contributed by atoms with van der Waals surface area (Å²) in [5.41, 5.74) is -9.72. The average Bonchev–Trinajstić information content (AvgIpc) is 2.97. The lowest BCUT2D eigenvalue weighted by atomic mass is 9.89. The van der Waals surface area contributed by atoms with Crippen LogP contribution in [0.2, 0.25) is 0 Å². The molecule has 3 aromatic rings. The fourth-order valence-electron chi connectivity index (χ4n) is 3.62. The van der Waals surface area contributed by atoms with Crippen LogP contribution in [0.5, 0.6) is 0 Å². The smallest absolute Gasteiger partial charge is 0.261 e. The second-order valence-corrected chi connectivity index (χ2v) is 10.7. The Morgan fingerprint density at radius 1 is 0.565 bits per heavy atom. The van der Waals surface area contributed by atoms with Gasteiger partial charge in [0.1, 0.15) is 0 Å². The number of nitrogens with zero attached hydrogens (tertiary/aromatic N) is 1. The first-order valence-electron chi connectivity index (χ1n) is 11.8. The van der Waals surface area contributed by atoms with E-state index in [4.69, 9.17) is 0 Å². The van der Waals surface area contributed by atoms with Gasteiger partial charge in [0.2, 0.25) is 0 Å². The minimum Gasteiger partial charge on any atom is -0.261 e. The van der Waals surface area contributed by atoms with E-state index in [1.807, 2.05) is 0 Å². The molecule has 4 nitrogen and oxygen atoms in total. The summed E-state index contributed by atoms with van der Waals surface area (Å²) >= 11 is 0. The van der Waals surface area contributed by atoms with Crippen LogP contribution in [0.25, 0.3) is 22.3 Å². The number of rotatable bonds is 11. The average molecular weight is 705 g/mol. The molecule has 0 fully saturated rings. The first kappa shape index (κ1) is 36.5. The quantitative estimate of drug-likeness (QED) is 0.0867. The summed E-state index contributed by atoms with van der Waals surface area (Å²) in [6.07, 6.45) is -5.81. The Bertz CT molecular complexity index is 1660. The van der Waals surface area contributed by atoms with Crippen LogP contribution < -0.4 is 0 Å². The van der Waals surface area contributed by atoms with E-state index < -0.39 is 62.9 Å². The molecule has 0 heterocycles. The number of benzene rings is 3. The molecule has 20 heteroatoms. The van der Waals surface area contributed by atoms with Gasteiger partial charge in [-0.2, -0.15) is 65.5 Å². The molecule has 0 radical (unpaired) electrons. The van der Waals surface area contributed by atoms with Crippen LogP contribution in [0.15, 0.2) is 84.0 Å². The predicted molar refractivity (Wildman–Crippen MR) is 131 cm³/mol. The zero-order valence-electron chi connectivity index (χ0n) is 21.8. The van der Waals surface area contributed by atoms with Gasteiger partial charge in [0.05, 0.1) is 0 Å². The summed E-state index contributed by atoms with van der Waals surface area (Å²) < 4.78 is 229. The predicted octanol–water partition coefficient (Wildman–Crippen LogP) is 9.03. The Kier molecular flexibility index (Phi) is 9.52. The Hall–Kier alpha value is -3.97. The van der Waals surface area contributed by atoms with Crippen LogP contribution in [0, 0.1) is 0 Å². The van der Waals surface area contributed by atoms with Gasteiger partial charge in [-0.25, -0.2) is 8.78 Å². The monoisotopic (exact) mass is 705 g/mol. The molecule has 252 valence electrons. The minimum atomic E-state index is -8.09. The largest absolute Gasteiger partial charge is 0.536 e.